The van der Waals surface area contributed by atoms with Gasteiger partial charge in [-0.3, -0.25) is 0 Å². The standard InChI is InChI=1S/C25H32N4O3/c1-4-5-6-9-20-15-23(18-11-12-27-24(14-18)31-3)29-25(28-20)19-8-7-10-22(13-19)32-17-21(30)16-26-2/h7-8,10-15,21,26,30H,4-6,9,16-17H2,1-3H3. The van der Waals surface area contributed by atoms with Gasteiger partial charge in [-0.1, -0.05) is 31.9 Å². The molecule has 32 heavy (non-hydrogen) atoms. The molecule has 7 nitrogen and oxygen atoms in total. The van der Waals surface area contributed by atoms with Crippen LogP contribution in [0.5, 0.6) is 11.6 Å². The lowest BCUT2D eigenvalue weighted by Gasteiger charge is -2.13. The molecule has 0 aliphatic heterocycles. The summed E-state index contributed by atoms with van der Waals surface area (Å²) in [5.74, 6) is 1.86. The van der Waals surface area contributed by atoms with Gasteiger partial charge in [0.2, 0.25) is 5.88 Å². The Balaban J connectivity index is 1.92. The average molecular weight is 437 g/mol. The monoisotopic (exact) mass is 436 g/mol. The lowest BCUT2D eigenvalue weighted by atomic mass is 10.1. The van der Waals surface area contributed by atoms with Gasteiger partial charge < -0.3 is 19.9 Å². The molecule has 0 fully saturated rings. The number of nitrogens with one attached hydrogen (secondary N) is 1. The molecule has 0 bridgehead atoms. The van der Waals surface area contributed by atoms with E-state index in [1.807, 2.05) is 42.5 Å². The third kappa shape index (κ3) is 6.73. The molecular weight excluding hydrogens is 404 g/mol. The number of rotatable bonds is 12. The van der Waals surface area contributed by atoms with Crippen molar-refractivity contribution < 1.29 is 14.6 Å². The van der Waals surface area contributed by atoms with E-state index in [1.54, 1.807) is 20.4 Å². The zero-order valence-corrected chi connectivity index (χ0v) is 19.0. The highest BCUT2D eigenvalue weighted by atomic mass is 16.5. The highest BCUT2D eigenvalue weighted by Crippen LogP contribution is 2.27. The lowest BCUT2D eigenvalue weighted by Crippen LogP contribution is -2.29. The first-order valence-electron chi connectivity index (χ1n) is 11.1. The number of aliphatic hydroxyl groups excluding tert-OH is 1. The number of pyridine rings is 1. The third-order valence-electron chi connectivity index (χ3n) is 5.03. The fourth-order valence-electron chi connectivity index (χ4n) is 3.35. The van der Waals surface area contributed by atoms with Crippen LogP contribution in [0.2, 0.25) is 0 Å². The smallest absolute Gasteiger partial charge is 0.213 e. The van der Waals surface area contributed by atoms with Gasteiger partial charge in [0.25, 0.3) is 0 Å². The summed E-state index contributed by atoms with van der Waals surface area (Å²) in [7, 11) is 3.40. The van der Waals surface area contributed by atoms with Crippen LogP contribution in [0, 0.1) is 0 Å². The Kier molecular flexibility index (Phi) is 8.95. The van der Waals surface area contributed by atoms with E-state index in [0.29, 0.717) is 24.0 Å². The second kappa shape index (κ2) is 12.1. The number of likely N-dealkylation sites (N-methyl/N-ethyl adjacent to an activating group) is 1. The molecule has 0 saturated heterocycles. The van der Waals surface area contributed by atoms with E-state index < -0.39 is 6.10 Å². The number of benzene rings is 1. The minimum atomic E-state index is -0.574. The zero-order chi connectivity index (χ0) is 22.8. The molecule has 0 amide bonds. The molecule has 0 radical (unpaired) electrons. The van der Waals surface area contributed by atoms with Crippen molar-refractivity contribution in [3.63, 3.8) is 0 Å². The van der Waals surface area contributed by atoms with Crippen LogP contribution in [0.1, 0.15) is 31.9 Å². The van der Waals surface area contributed by atoms with Crippen molar-refractivity contribution in [2.24, 2.45) is 0 Å². The van der Waals surface area contributed by atoms with Crippen molar-refractivity contribution in [1.82, 2.24) is 20.3 Å². The van der Waals surface area contributed by atoms with Gasteiger partial charge in [0, 0.05) is 35.6 Å². The highest BCUT2D eigenvalue weighted by Gasteiger charge is 2.11. The number of hydrogen-bond donors (Lipinski definition) is 2. The summed E-state index contributed by atoms with van der Waals surface area (Å²) in [4.78, 5) is 13.9. The predicted octanol–water partition coefficient (Wildman–Crippen LogP) is 3.91. The fraction of sp³-hybridized carbons (Fsp3) is 0.400. The number of aryl methyl sites for hydroxylation is 1. The minimum Gasteiger partial charge on any atom is -0.491 e. The molecule has 2 aromatic heterocycles. The SMILES string of the molecule is CCCCCc1cc(-c2ccnc(OC)c2)nc(-c2cccc(OCC(O)CNC)c2)n1. The minimum absolute atomic E-state index is 0.213. The molecule has 2 heterocycles. The Labute approximate surface area is 189 Å². The number of nitrogens with zero attached hydrogens (tertiary/aromatic N) is 3. The number of unbranched alkanes of at least 4 members (excludes halogenated alkanes) is 2. The first-order valence-corrected chi connectivity index (χ1v) is 11.1. The van der Waals surface area contributed by atoms with Crippen molar-refractivity contribution in [3.05, 3.63) is 54.4 Å². The quantitative estimate of drug-likeness (QED) is 0.416. The molecule has 0 aliphatic carbocycles. The Bertz CT molecular complexity index is 996. The molecule has 170 valence electrons. The van der Waals surface area contributed by atoms with E-state index in [2.05, 4.69) is 17.2 Å². The number of hydrogen-bond acceptors (Lipinski definition) is 7. The largest absolute Gasteiger partial charge is 0.491 e. The van der Waals surface area contributed by atoms with Crippen molar-refractivity contribution in [3.8, 4) is 34.3 Å². The first-order chi connectivity index (χ1) is 15.6. The van der Waals surface area contributed by atoms with Gasteiger partial charge >= 0.3 is 0 Å². The maximum absolute atomic E-state index is 9.91. The number of aliphatic hydroxyl groups is 1. The summed E-state index contributed by atoms with van der Waals surface area (Å²) in [6.07, 6.45) is 5.44. The van der Waals surface area contributed by atoms with Crippen molar-refractivity contribution >= 4 is 0 Å². The molecule has 1 unspecified atom stereocenters. The Morgan fingerprint density at radius 1 is 1.06 bits per heavy atom. The maximum Gasteiger partial charge on any atom is 0.213 e. The van der Waals surface area contributed by atoms with Crippen LogP contribution in [0.15, 0.2) is 48.7 Å². The number of aromatic nitrogens is 3. The Morgan fingerprint density at radius 3 is 2.72 bits per heavy atom. The van der Waals surface area contributed by atoms with Crippen molar-refractivity contribution in [2.45, 2.75) is 38.7 Å². The second-order valence-corrected chi connectivity index (χ2v) is 7.66. The van der Waals surface area contributed by atoms with Crippen LogP contribution in [0.4, 0.5) is 0 Å². The maximum atomic E-state index is 9.91. The van der Waals surface area contributed by atoms with E-state index >= 15 is 0 Å². The predicted molar refractivity (Wildman–Crippen MR) is 126 cm³/mol. The van der Waals surface area contributed by atoms with Gasteiger partial charge in [0.1, 0.15) is 18.5 Å². The first kappa shape index (κ1) is 23.6. The summed E-state index contributed by atoms with van der Waals surface area (Å²) >= 11 is 0. The molecule has 1 aromatic carbocycles. The van der Waals surface area contributed by atoms with E-state index in [9.17, 15) is 5.11 Å². The van der Waals surface area contributed by atoms with Gasteiger partial charge in [0.15, 0.2) is 5.82 Å². The van der Waals surface area contributed by atoms with Gasteiger partial charge in [-0.05, 0) is 44.2 Å². The Hall–Kier alpha value is -3.03. The zero-order valence-electron chi connectivity index (χ0n) is 19.0. The molecule has 7 heteroatoms. The summed E-state index contributed by atoms with van der Waals surface area (Å²) in [5, 5.41) is 12.8. The van der Waals surface area contributed by atoms with Crippen LogP contribution in [-0.4, -0.2) is 53.5 Å². The molecule has 0 spiro atoms. The number of ether oxygens (including phenoxy) is 2. The lowest BCUT2D eigenvalue weighted by molar-refractivity contribution is 0.108. The van der Waals surface area contributed by atoms with Crippen LogP contribution < -0.4 is 14.8 Å². The second-order valence-electron chi connectivity index (χ2n) is 7.66. The molecule has 3 rings (SSSR count). The summed E-state index contributed by atoms with van der Waals surface area (Å²) in [6.45, 7) is 2.88. The van der Waals surface area contributed by atoms with Gasteiger partial charge in [-0.25, -0.2) is 15.0 Å². The van der Waals surface area contributed by atoms with Crippen LogP contribution in [0.25, 0.3) is 22.6 Å². The molecule has 0 aliphatic rings. The van der Waals surface area contributed by atoms with Crippen LogP contribution in [0.3, 0.4) is 0 Å². The van der Waals surface area contributed by atoms with E-state index in [4.69, 9.17) is 19.4 Å². The van der Waals surface area contributed by atoms with Crippen LogP contribution >= 0.6 is 0 Å². The molecule has 3 aromatic rings. The van der Waals surface area contributed by atoms with E-state index in [1.165, 1.54) is 0 Å². The topological polar surface area (TPSA) is 89.4 Å². The Morgan fingerprint density at radius 2 is 1.94 bits per heavy atom. The average Bonchev–Trinajstić information content (AvgIpc) is 2.83. The molecule has 1 atom stereocenters. The van der Waals surface area contributed by atoms with Gasteiger partial charge in [-0.2, -0.15) is 0 Å². The summed E-state index contributed by atoms with van der Waals surface area (Å²) < 4.78 is 11.1. The summed E-state index contributed by atoms with van der Waals surface area (Å²) in [5.41, 5.74) is 3.63. The molecular formula is C25H32N4O3. The fourth-order valence-corrected chi connectivity index (χ4v) is 3.35. The normalized spacial score (nSPS) is 11.9. The van der Waals surface area contributed by atoms with E-state index in [0.717, 1.165) is 48.2 Å². The summed E-state index contributed by atoms with van der Waals surface area (Å²) in [6, 6.07) is 13.5. The molecule has 0 saturated carbocycles. The molecule has 2 N–H and O–H groups in total. The third-order valence-corrected chi connectivity index (χ3v) is 5.03. The van der Waals surface area contributed by atoms with Gasteiger partial charge in [0.05, 0.1) is 12.8 Å². The van der Waals surface area contributed by atoms with Gasteiger partial charge in [-0.15, -0.1) is 0 Å². The van der Waals surface area contributed by atoms with Crippen LogP contribution in [-0.2, 0) is 6.42 Å². The van der Waals surface area contributed by atoms with Crippen molar-refractivity contribution in [2.75, 3.05) is 27.3 Å². The van der Waals surface area contributed by atoms with Crippen molar-refractivity contribution in [1.29, 1.82) is 0 Å². The van der Waals surface area contributed by atoms with E-state index in [-0.39, 0.29) is 6.61 Å². The number of methoxy groups -OCH3 is 1. The highest BCUT2D eigenvalue weighted by molar-refractivity contribution is 5.65.